The predicted octanol–water partition coefficient (Wildman–Crippen LogP) is 1.46. The second-order valence-electron chi connectivity index (χ2n) is 5.17. The van der Waals surface area contributed by atoms with Crippen molar-refractivity contribution in [2.45, 2.75) is 25.0 Å². The quantitative estimate of drug-likeness (QED) is 0.896. The molecule has 3 rings (SSSR count). The Morgan fingerprint density at radius 2 is 2.27 bits per heavy atom. The van der Waals surface area contributed by atoms with Gasteiger partial charge in [-0.3, -0.25) is 4.79 Å². The number of anilines is 1. The van der Waals surface area contributed by atoms with Crippen molar-refractivity contribution in [2.24, 2.45) is 5.73 Å². The third-order valence-corrected chi connectivity index (χ3v) is 3.61. The zero-order valence-corrected chi connectivity index (χ0v) is 11.9. The number of ether oxygens (including phenoxy) is 1. The standard InChI is InChI=1S/C15H17FN4O2/c16-12-3-1-2-4-13(12)20-9-10(8-18-20)19-15(21)14-6-5-11(7-17)22-14/h1-4,8-9,11,14H,5-7,17H2,(H,19,21)/t11-,14+/m1/s1. The van der Waals surface area contributed by atoms with Gasteiger partial charge in [-0.25, -0.2) is 9.07 Å². The highest BCUT2D eigenvalue weighted by molar-refractivity contribution is 5.94. The fourth-order valence-electron chi connectivity index (χ4n) is 2.45. The summed E-state index contributed by atoms with van der Waals surface area (Å²) in [4.78, 5) is 12.1. The number of carbonyl (C=O) groups excluding carboxylic acids is 1. The topological polar surface area (TPSA) is 82.2 Å². The van der Waals surface area contributed by atoms with Gasteiger partial charge in [-0.2, -0.15) is 5.10 Å². The maximum absolute atomic E-state index is 13.7. The molecule has 1 aliphatic heterocycles. The number of rotatable bonds is 4. The lowest BCUT2D eigenvalue weighted by Crippen LogP contribution is -2.29. The van der Waals surface area contributed by atoms with Gasteiger partial charge in [-0.05, 0) is 25.0 Å². The Balaban J connectivity index is 1.67. The molecule has 1 amide bonds. The number of amides is 1. The summed E-state index contributed by atoms with van der Waals surface area (Å²) in [5.74, 6) is -0.613. The van der Waals surface area contributed by atoms with E-state index in [9.17, 15) is 9.18 Å². The van der Waals surface area contributed by atoms with E-state index >= 15 is 0 Å². The first-order chi connectivity index (χ1) is 10.7. The van der Waals surface area contributed by atoms with E-state index in [4.69, 9.17) is 10.5 Å². The Morgan fingerprint density at radius 3 is 3.00 bits per heavy atom. The lowest BCUT2D eigenvalue weighted by molar-refractivity contribution is -0.126. The summed E-state index contributed by atoms with van der Waals surface area (Å²) in [5, 5.41) is 6.79. The van der Waals surface area contributed by atoms with E-state index in [0.29, 0.717) is 24.3 Å². The SMILES string of the molecule is NC[C@H]1CC[C@@H](C(=O)Nc2cnn(-c3ccccc3F)c2)O1. The fraction of sp³-hybridized carbons (Fsp3) is 0.333. The van der Waals surface area contributed by atoms with Crippen molar-refractivity contribution in [2.75, 3.05) is 11.9 Å². The fourth-order valence-corrected chi connectivity index (χ4v) is 2.45. The molecule has 0 bridgehead atoms. The molecule has 7 heteroatoms. The molecule has 1 saturated heterocycles. The molecule has 0 radical (unpaired) electrons. The lowest BCUT2D eigenvalue weighted by atomic mass is 10.2. The van der Waals surface area contributed by atoms with Crippen LogP contribution in [0.5, 0.6) is 0 Å². The van der Waals surface area contributed by atoms with Crippen LogP contribution in [0.4, 0.5) is 10.1 Å². The van der Waals surface area contributed by atoms with Crippen molar-refractivity contribution in [3.8, 4) is 5.69 Å². The Morgan fingerprint density at radius 1 is 1.45 bits per heavy atom. The van der Waals surface area contributed by atoms with Crippen molar-refractivity contribution in [1.29, 1.82) is 0 Å². The maximum atomic E-state index is 13.7. The molecule has 116 valence electrons. The number of hydrogen-bond donors (Lipinski definition) is 2. The van der Waals surface area contributed by atoms with E-state index in [1.165, 1.54) is 16.9 Å². The van der Waals surface area contributed by atoms with Gasteiger partial charge in [0, 0.05) is 6.54 Å². The van der Waals surface area contributed by atoms with Crippen molar-refractivity contribution in [3.05, 3.63) is 42.5 Å². The van der Waals surface area contributed by atoms with E-state index in [1.54, 1.807) is 24.4 Å². The van der Waals surface area contributed by atoms with Crippen molar-refractivity contribution >= 4 is 11.6 Å². The zero-order chi connectivity index (χ0) is 15.5. The number of hydrogen-bond acceptors (Lipinski definition) is 4. The number of nitrogens with one attached hydrogen (secondary N) is 1. The second-order valence-corrected chi connectivity index (χ2v) is 5.17. The number of nitrogens with two attached hydrogens (primary N) is 1. The third kappa shape index (κ3) is 3.00. The van der Waals surface area contributed by atoms with Crippen molar-refractivity contribution < 1.29 is 13.9 Å². The first-order valence-corrected chi connectivity index (χ1v) is 7.13. The van der Waals surface area contributed by atoms with Crippen LogP contribution in [-0.4, -0.2) is 34.4 Å². The van der Waals surface area contributed by atoms with E-state index in [-0.39, 0.29) is 17.8 Å². The van der Waals surface area contributed by atoms with E-state index < -0.39 is 6.10 Å². The molecule has 0 unspecified atom stereocenters. The molecule has 6 nitrogen and oxygen atoms in total. The van der Waals surface area contributed by atoms with Crippen LogP contribution in [0.2, 0.25) is 0 Å². The minimum absolute atomic E-state index is 0.0584. The highest BCUT2D eigenvalue weighted by Gasteiger charge is 2.30. The summed E-state index contributed by atoms with van der Waals surface area (Å²) in [6.45, 7) is 0.412. The predicted molar refractivity (Wildman–Crippen MR) is 79.1 cm³/mol. The highest BCUT2D eigenvalue weighted by atomic mass is 19.1. The molecule has 1 aromatic heterocycles. The van der Waals surface area contributed by atoms with Crippen LogP contribution in [0, 0.1) is 5.82 Å². The number of carbonyl (C=O) groups is 1. The van der Waals surface area contributed by atoms with Crippen LogP contribution < -0.4 is 11.1 Å². The summed E-state index contributed by atoms with van der Waals surface area (Å²) >= 11 is 0. The molecule has 2 heterocycles. The first kappa shape index (κ1) is 14.7. The molecule has 1 aromatic carbocycles. The number of aromatic nitrogens is 2. The third-order valence-electron chi connectivity index (χ3n) is 3.61. The summed E-state index contributed by atoms with van der Waals surface area (Å²) in [7, 11) is 0. The molecule has 2 atom stereocenters. The van der Waals surface area contributed by atoms with Crippen LogP contribution in [0.25, 0.3) is 5.69 Å². The van der Waals surface area contributed by atoms with Gasteiger partial charge < -0.3 is 15.8 Å². The van der Waals surface area contributed by atoms with Crippen molar-refractivity contribution in [1.82, 2.24) is 9.78 Å². The Labute approximate surface area is 127 Å². The van der Waals surface area contributed by atoms with E-state index in [1.807, 2.05) is 0 Å². The highest BCUT2D eigenvalue weighted by Crippen LogP contribution is 2.21. The zero-order valence-electron chi connectivity index (χ0n) is 11.9. The Bertz CT molecular complexity index is 673. The van der Waals surface area contributed by atoms with Crippen LogP contribution in [-0.2, 0) is 9.53 Å². The van der Waals surface area contributed by atoms with Crippen LogP contribution >= 0.6 is 0 Å². The molecule has 1 aliphatic rings. The normalized spacial score (nSPS) is 21.0. The molecule has 0 spiro atoms. The van der Waals surface area contributed by atoms with Gasteiger partial charge in [0.15, 0.2) is 0 Å². The summed E-state index contributed by atoms with van der Waals surface area (Å²) in [6, 6.07) is 6.29. The monoisotopic (exact) mass is 304 g/mol. The number of para-hydroxylation sites is 1. The number of nitrogens with zero attached hydrogens (tertiary/aromatic N) is 2. The molecule has 1 fully saturated rings. The molecule has 0 aliphatic carbocycles. The van der Waals surface area contributed by atoms with Gasteiger partial charge in [0.25, 0.3) is 5.91 Å². The van der Waals surface area contributed by atoms with Gasteiger partial charge in [0.05, 0.1) is 24.2 Å². The van der Waals surface area contributed by atoms with E-state index in [2.05, 4.69) is 10.4 Å². The maximum Gasteiger partial charge on any atom is 0.253 e. The Kier molecular flexibility index (Phi) is 4.17. The van der Waals surface area contributed by atoms with Gasteiger partial charge in [0.1, 0.15) is 17.6 Å². The van der Waals surface area contributed by atoms with Gasteiger partial charge >= 0.3 is 0 Å². The summed E-state index contributed by atoms with van der Waals surface area (Å²) in [6.07, 6.45) is 3.91. The van der Waals surface area contributed by atoms with Crippen molar-refractivity contribution in [3.63, 3.8) is 0 Å². The molecular formula is C15H17FN4O2. The van der Waals surface area contributed by atoms with Crippen LogP contribution in [0.1, 0.15) is 12.8 Å². The van der Waals surface area contributed by atoms with Crippen LogP contribution in [0.15, 0.2) is 36.7 Å². The molecule has 3 N–H and O–H groups in total. The summed E-state index contributed by atoms with van der Waals surface area (Å²) < 4.78 is 20.6. The summed E-state index contributed by atoms with van der Waals surface area (Å²) in [5.41, 5.74) is 6.34. The molecule has 2 aromatic rings. The Hall–Kier alpha value is -2.25. The average molecular weight is 304 g/mol. The van der Waals surface area contributed by atoms with Gasteiger partial charge in [-0.15, -0.1) is 0 Å². The second kappa shape index (κ2) is 6.25. The molecular weight excluding hydrogens is 287 g/mol. The number of benzene rings is 1. The van der Waals surface area contributed by atoms with E-state index in [0.717, 1.165) is 6.42 Å². The minimum Gasteiger partial charge on any atom is -0.364 e. The average Bonchev–Trinajstić information content (AvgIpc) is 3.16. The molecule has 0 saturated carbocycles. The number of halogens is 1. The first-order valence-electron chi connectivity index (χ1n) is 7.13. The minimum atomic E-state index is -0.495. The molecule has 22 heavy (non-hydrogen) atoms. The lowest BCUT2D eigenvalue weighted by Gasteiger charge is -2.11. The van der Waals surface area contributed by atoms with Crippen LogP contribution in [0.3, 0.4) is 0 Å². The largest absolute Gasteiger partial charge is 0.364 e. The van der Waals surface area contributed by atoms with Gasteiger partial charge in [0.2, 0.25) is 0 Å². The smallest absolute Gasteiger partial charge is 0.253 e. The van der Waals surface area contributed by atoms with Gasteiger partial charge in [-0.1, -0.05) is 12.1 Å².